The standard InChI is InChI=1S/C34H36Br2N4O3S/c1-23-3-10-27(11-4-23)44-34(33(42)37-13-2-14-39-15-17-43-18-16-39)20-31(41)40(22-24-5-7-25(35)8-6-24)32(34)29-21-38-30-19-26(36)9-12-28(29)30/h3-12,19,21,32,38H,2,13-18,20,22H2,1H3,(H,37,42)/t32-,34+/m1/s1. The molecule has 2 atom stereocenters. The third-order valence-electron chi connectivity index (χ3n) is 8.47. The number of hydrogen-bond donors (Lipinski definition) is 2. The number of H-pyrrole nitrogens is 1. The zero-order valence-electron chi connectivity index (χ0n) is 24.7. The molecule has 2 fully saturated rings. The number of amides is 2. The van der Waals surface area contributed by atoms with Crippen LogP contribution in [0, 0.1) is 6.92 Å². The summed E-state index contributed by atoms with van der Waals surface area (Å²) in [6.07, 6.45) is 2.91. The first-order chi connectivity index (χ1) is 21.3. The average Bonchev–Trinajstić information content (AvgIpc) is 3.55. The van der Waals surface area contributed by atoms with E-state index in [-0.39, 0.29) is 18.2 Å². The SMILES string of the molecule is Cc1ccc(S[C@@]2(C(=O)NCCCN3CCOCC3)CC(=O)N(Cc3ccc(Br)cc3)[C@@H]2c2c[nH]c3cc(Br)ccc23)cc1. The molecule has 0 saturated carbocycles. The van der Waals surface area contributed by atoms with Gasteiger partial charge in [0.05, 0.1) is 25.7 Å². The summed E-state index contributed by atoms with van der Waals surface area (Å²) in [5, 5.41) is 4.28. The Hall–Kier alpha value is -2.63. The molecule has 10 heteroatoms. The number of nitrogens with zero attached hydrogens (tertiary/aromatic N) is 2. The molecular weight excluding hydrogens is 704 g/mol. The van der Waals surface area contributed by atoms with Gasteiger partial charge in [-0.15, -0.1) is 11.8 Å². The average molecular weight is 741 g/mol. The van der Waals surface area contributed by atoms with Gasteiger partial charge in [0.15, 0.2) is 0 Å². The molecule has 7 nitrogen and oxygen atoms in total. The number of fused-ring (bicyclic) bond motifs is 1. The zero-order chi connectivity index (χ0) is 30.7. The molecule has 2 aliphatic rings. The molecule has 3 aromatic carbocycles. The van der Waals surface area contributed by atoms with Gasteiger partial charge in [-0.3, -0.25) is 14.5 Å². The number of nitrogens with one attached hydrogen (secondary N) is 2. The first-order valence-corrected chi connectivity index (χ1v) is 17.4. The Morgan fingerprint density at radius 2 is 1.77 bits per heavy atom. The highest BCUT2D eigenvalue weighted by atomic mass is 79.9. The minimum atomic E-state index is -1.08. The Kier molecular flexibility index (Phi) is 9.83. The van der Waals surface area contributed by atoms with Crippen LogP contribution < -0.4 is 5.32 Å². The zero-order valence-corrected chi connectivity index (χ0v) is 28.6. The number of hydrogen-bond acceptors (Lipinski definition) is 5. The number of morpholine rings is 1. The number of aromatic nitrogens is 1. The third-order valence-corrected chi connectivity index (χ3v) is 10.9. The highest BCUT2D eigenvalue weighted by molar-refractivity contribution is 9.10. The number of carbonyl (C=O) groups excluding carboxylic acids is 2. The summed E-state index contributed by atoms with van der Waals surface area (Å²) in [5.74, 6) is -0.138. The van der Waals surface area contributed by atoms with Gasteiger partial charge in [0.25, 0.3) is 0 Å². The molecule has 4 aromatic rings. The Labute approximate surface area is 279 Å². The van der Waals surface area contributed by atoms with E-state index in [0.717, 1.165) is 80.7 Å². The minimum absolute atomic E-state index is 0.0348. The summed E-state index contributed by atoms with van der Waals surface area (Å²) >= 11 is 8.62. The van der Waals surface area contributed by atoms with Crippen molar-refractivity contribution in [3.8, 4) is 0 Å². The Morgan fingerprint density at radius 3 is 2.52 bits per heavy atom. The molecule has 0 spiro atoms. The molecule has 1 aromatic heterocycles. The molecular formula is C34H36Br2N4O3S. The summed E-state index contributed by atoms with van der Waals surface area (Å²) < 4.78 is 6.35. The number of benzene rings is 3. The Balaban J connectivity index is 1.39. The lowest BCUT2D eigenvalue weighted by Gasteiger charge is -2.36. The van der Waals surface area contributed by atoms with Crippen molar-refractivity contribution >= 4 is 66.3 Å². The summed E-state index contributed by atoms with van der Waals surface area (Å²) in [6, 6.07) is 21.9. The van der Waals surface area contributed by atoms with Crippen LogP contribution in [0.1, 0.15) is 35.6 Å². The molecule has 2 saturated heterocycles. The van der Waals surface area contributed by atoms with Crippen molar-refractivity contribution in [2.45, 2.75) is 42.0 Å². The second kappa shape index (κ2) is 13.8. The van der Waals surface area contributed by atoms with Gasteiger partial charge >= 0.3 is 0 Å². The summed E-state index contributed by atoms with van der Waals surface area (Å²) in [4.78, 5) is 37.4. The second-order valence-corrected chi connectivity index (χ2v) is 14.8. The number of carbonyl (C=O) groups is 2. The van der Waals surface area contributed by atoms with E-state index in [4.69, 9.17) is 4.74 Å². The molecule has 230 valence electrons. The van der Waals surface area contributed by atoms with Gasteiger partial charge in [-0.25, -0.2) is 0 Å². The van der Waals surface area contributed by atoms with Crippen LogP contribution in [0.4, 0.5) is 0 Å². The van der Waals surface area contributed by atoms with E-state index in [2.05, 4.69) is 84.3 Å². The first-order valence-electron chi connectivity index (χ1n) is 15.0. The van der Waals surface area contributed by atoms with Crippen molar-refractivity contribution in [1.29, 1.82) is 0 Å². The van der Waals surface area contributed by atoms with Gasteiger partial charge in [0, 0.05) is 62.7 Å². The molecule has 0 radical (unpaired) electrons. The van der Waals surface area contributed by atoms with E-state index >= 15 is 0 Å². The smallest absolute Gasteiger partial charge is 0.239 e. The number of aromatic amines is 1. The molecule has 0 aliphatic carbocycles. The topological polar surface area (TPSA) is 77.7 Å². The van der Waals surface area contributed by atoms with Crippen LogP contribution in [-0.2, 0) is 20.9 Å². The van der Waals surface area contributed by atoms with E-state index in [0.29, 0.717) is 13.1 Å². The van der Waals surface area contributed by atoms with Gasteiger partial charge in [-0.2, -0.15) is 0 Å². The van der Waals surface area contributed by atoms with Crippen molar-refractivity contribution in [2.75, 3.05) is 39.4 Å². The molecule has 2 N–H and O–H groups in total. The summed E-state index contributed by atoms with van der Waals surface area (Å²) in [5.41, 5.74) is 4.06. The lowest BCUT2D eigenvalue weighted by atomic mass is 9.91. The molecule has 44 heavy (non-hydrogen) atoms. The van der Waals surface area contributed by atoms with Gasteiger partial charge in [-0.05, 0) is 61.9 Å². The normalized spacial score (nSPS) is 20.8. The molecule has 0 bridgehead atoms. The Morgan fingerprint density at radius 1 is 1.05 bits per heavy atom. The van der Waals surface area contributed by atoms with Crippen molar-refractivity contribution in [2.24, 2.45) is 0 Å². The molecule has 2 aliphatic heterocycles. The molecule has 2 amide bonds. The number of rotatable bonds is 10. The fraction of sp³-hybridized carbons (Fsp3) is 0.353. The maximum atomic E-state index is 14.6. The van der Waals surface area contributed by atoms with Crippen LogP contribution in [0.5, 0.6) is 0 Å². The number of halogens is 2. The molecule has 3 heterocycles. The predicted molar refractivity (Wildman–Crippen MR) is 183 cm³/mol. The van der Waals surface area contributed by atoms with Crippen molar-refractivity contribution < 1.29 is 14.3 Å². The van der Waals surface area contributed by atoms with Gasteiger partial charge in [0.2, 0.25) is 11.8 Å². The minimum Gasteiger partial charge on any atom is -0.379 e. The molecule has 0 unspecified atom stereocenters. The Bertz CT molecular complexity index is 1620. The maximum Gasteiger partial charge on any atom is 0.239 e. The van der Waals surface area contributed by atoms with E-state index in [1.807, 2.05) is 47.5 Å². The predicted octanol–water partition coefficient (Wildman–Crippen LogP) is 6.84. The fourth-order valence-corrected chi connectivity index (χ4v) is 8.23. The van der Waals surface area contributed by atoms with Crippen LogP contribution in [0.2, 0.25) is 0 Å². The number of aryl methyl sites for hydroxylation is 1. The van der Waals surface area contributed by atoms with Crippen molar-refractivity contribution in [1.82, 2.24) is 20.1 Å². The summed E-state index contributed by atoms with van der Waals surface area (Å²) in [6.45, 7) is 7.23. The lowest BCUT2D eigenvalue weighted by Crippen LogP contribution is -2.48. The maximum absolute atomic E-state index is 14.6. The van der Waals surface area contributed by atoms with Crippen LogP contribution in [-0.4, -0.2) is 70.7 Å². The van der Waals surface area contributed by atoms with Crippen LogP contribution >= 0.6 is 43.6 Å². The first kappa shape index (κ1) is 31.4. The van der Waals surface area contributed by atoms with E-state index < -0.39 is 10.8 Å². The monoisotopic (exact) mass is 738 g/mol. The van der Waals surface area contributed by atoms with Crippen molar-refractivity contribution in [3.63, 3.8) is 0 Å². The van der Waals surface area contributed by atoms with Crippen LogP contribution in [0.25, 0.3) is 10.9 Å². The number of likely N-dealkylation sites (tertiary alicyclic amines) is 1. The van der Waals surface area contributed by atoms with Crippen molar-refractivity contribution in [3.05, 3.63) is 98.6 Å². The largest absolute Gasteiger partial charge is 0.379 e. The summed E-state index contributed by atoms with van der Waals surface area (Å²) in [7, 11) is 0. The third kappa shape index (κ3) is 6.79. The van der Waals surface area contributed by atoms with Crippen LogP contribution in [0.3, 0.4) is 0 Å². The number of thioether (sulfide) groups is 1. The number of ether oxygens (including phenoxy) is 1. The second-order valence-electron chi connectivity index (χ2n) is 11.5. The highest BCUT2D eigenvalue weighted by Gasteiger charge is 2.58. The van der Waals surface area contributed by atoms with Crippen LogP contribution in [0.15, 0.2) is 86.8 Å². The quantitative estimate of drug-likeness (QED) is 0.174. The van der Waals surface area contributed by atoms with E-state index in [9.17, 15) is 9.59 Å². The van der Waals surface area contributed by atoms with E-state index in [1.165, 1.54) is 11.8 Å². The fourth-order valence-electron chi connectivity index (χ4n) is 6.19. The van der Waals surface area contributed by atoms with Gasteiger partial charge < -0.3 is 19.9 Å². The molecule has 6 rings (SSSR count). The van der Waals surface area contributed by atoms with Gasteiger partial charge in [-0.1, -0.05) is 67.8 Å². The van der Waals surface area contributed by atoms with E-state index in [1.54, 1.807) is 0 Å². The highest BCUT2D eigenvalue weighted by Crippen LogP contribution is 2.54. The lowest BCUT2D eigenvalue weighted by molar-refractivity contribution is -0.129. The van der Waals surface area contributed by atoms with Gasteiger partial charge in [0.1, 0.15) is 4.75 Å².